The zero-order chi connectivity index (χ0) is 14.4. The molecule has 0 aromatic heterocycles. The first-order valence-electron chi connectivity index (χ1n) is 7.55. The standard InChI is InChI=1S/C15H28N2O2/c1-5-6-7-8-17-12(4)10-14(18)16-13(15(17)19)9-11(2)3/h11-13H,5-10H2,1-4H3,(H,16,18). The van der Waals surface area contributed by atoms with Crippen LogP contribution in [-0.4, -0.2) is 35.3 Å². The van der Waals surface area contributed by atoms with Crippen LogP contribution in [0.2, 0.25) is 0 Å². The highest BCUT2D eigenvalue weighted by atomic mass is 16.2. The molecule has 0 radical (unpaired) electrons. The molecule has 2 amide bonds. The van der Waals surface area contributed by atoms with Gasteiger partial charge in [0.25, 0.3) is 0 Å². The first-order chi connectivity index (χ1) is 8.95. The maximum Gasteiger partial charge on any atom is 0.245 e. The van der Waals surface area contributed by atoms with Gasteiger partial charge in [-0.1, -0.05) is 33.6 Å². The highest BCUT2D eigenvalue weighted by molar-refractivity contribution is 5.90. The van der Waals surface area contributed by atoms with Gasteiger partial charge in [0, 0.05) is 19.0 Å². The minimum Gasteiger partial charge on any atom is -0.344 e. The molecule has 0 aliphatic carbocycles. The van der Waals surface area contributed by atoms with E-state index < -0.39 is 0 Å². The molecule has 110 valence electrons. The van der Waals surface area contributed by atoms with Gasteiger partial charge in [-0.05, 0) is 25.7 Å². The van der Waals surface area contributed by atoms with E-state index in [-0.39, 0.29) is 23.9 Å². The zero-order valence-electron chi connectivity index (χ0n) is 12.7. The molecule has 1 aliphatic rings. The highest BCUT2D eigenvalue weighted by Gasteiger charge is 2.33. The van der Waals surface area contributed by atoms with Crippen molar-refractivity contribution in [3.63, 3.8) is 0 Å². The van der Waals surface area contributed by atoms with Crippen LogP contribution in [0.3, 0.4) is 0 Å². The van der Waals surface area contributed by atoms with Crippen molar-refractivity contribution >= 4 is 11.8 Å². The molecule has 1 aliphatic heterocycles. The van der Waals surface area contributed by atoms with E-state index in [1.807, 2.05) is 11.8 Å². The zero-order valence-corrected chi connectivity index (χ0v) is 12.7. The Morgan fingerprint density at radius 1 is 1.32 bits per heavy atom. The van der Waals surface area contributed by atoms with Crippen LogP contribution < -0.4 is 5.32 Å². The Morgan fingerprint density at radius 2 is 2.00 bits per heavy atom. The summed E-state index contributed by atoms with van der Waals surface area (Å²) >= 11 is 0. The van der Waals surface area contributed by atoms with Gasteiger partial charge in [-0.2, -0.15) is 0 Å². The van der Waals surface area contributed by atoms with Crippen molar-refractivity contribution in [2.45, 2.75) is 71.9 Å². The molecule has 19 heavy (non-hydrogen) atoms. The molecule has 1 rings (SSSR count). The molecule has 0 bridgehead atoms. The lowest BCUT2D eigenvalue weighted by Crippen LogP contribution is -2.47. The second kappa shape index (κ2) is 7.51. The molecule has 1 saturated heterocycles. The fourth-order valence-electron chi connectivity index (χ4n) is 2.60. The van der Waals surface area contributed by atoms with Crippen molar-refractivity contribution in [2.75, 3.05) is 6.54 Å². The van der Waals surface area contributed by atoms with Crippen molar-refractivity contribution in [2.24, 2.45) is 5.92 Å². The van der Waals surface area contributed by atoms with Crippen LogP contribution >= 0.6 is 0 Å². The summed E-state index contributed by atoms with van der Waals surface area (Å²) in [6.07, 6.45) is 4.44. The molecule has 4 nitrogen and oxygen atoms in total. The molecule has 1 heterocycles. The monoisotopic (exact) mass is 268 g/mol. The Kier molecular flexibility index (Phi) is 6.32. The first kappa shape index (κ1) is 16.0. The van der Waals surface area contributed by atoms with E-state index in [1.165, 1.54) is 0 Å². The minimum absolute atomic E-state index is 0.00416. The van der Waals surface area contributed by atoms with Crippen molar-refractivity contribution in [3.8, 4) is 0 Å². The van der Waals surface area contributed by atoms with Gasteiger partial charge in [-0.25, -0.2) is 0 Å². The number of carbonyl (C=O) groups excluding carboxylic acids is 2. The van der Waals surface area contributed by atoms with Gasteiger partial charge in [-0.15, -0.1) is 0 Å². The Balaban J connectivity index is 2.74. The molecule has 0 saturated carbocycles. The number of nitrogens with one attached hydrogen (secondary N) is 1. The van der Waals surface area contributed by atoms with E-state index in [1.54, 1.807) is 0 Å². The third-order valence-corrected chi connectivity index (χ3v) is 3.64. The summed E-state index contributed by atoms with van der Waals surface area (Å²) in [5.41, 5.74) is 0. The topological polar surface area (TPSA) is 49.4 Å². The van der Waals surface area contributed by atoms with Gasteiger partial charge < -0.3 is 10.2 Å². The third kappa shape index (κ3) is 4.84. The second-order valence-corrected chi connectivity index (χ2v) is 6.04. The summed E-state index contributed by atoms with van der Waals surface area (Å²) in [5.74, 6) is 0.507. The van der Waals surface area contributed by atoms with Crippen LogP contribution in [0, 0.1) is 5.92 Å². The summed E-state index contributed by atoms with van der Waals surface area (Å²) in [5, 5.41) is 2.88. The van der Waals surface area contributed by atoms with Gasteiger partial charge in [-0.3, -0.25) is 9.59 Å². The lowest BCUT2D eigenvalue weighted by Gasteiger charge is -2.29. The summed E-state index contributed by atoms with van der Waals surface area (Å²) in [4.78, 5) is 26.3. The average molecular weight is 268 g/mol. The summed E-state index contributed by atoms with van der Waals surface area (Å²) < 4.78 is 0. The molecular formula is C15H28N2O2. The molecule has 1 N–H and O–H groups in total. The van der Waals surface area contributed by atoms with E-state index in [0.29, 0.717) is 12.3 Å². The van der Waals surface area contributed by atoms with Gasteiger partial charge in [0.2, 0.25) is 11.8 Å². The number of unbranched alkanes of at least 4 members (excludes halogenated alkanes) is 2. The Hall–Kier alpha value is -1.06. The van der Waals surface area contributed by atoms with Crippen molar-refractivity contribution < 1.29 is 9.59 Å². The van der Waals surface area contributed by atoms with E-state index in [4.69, 9.17) is 0 Å². The predicted octanol–water partition coefficient (Wildman–Crippen LogP) is 2.33. The molecule has 2 unspecified atom stereocenters. The Labute approximate surface area is 116 Å². The van der Waals surface area contributed by atoms with Gasteiger partial charge in [0.05, 0.1) is 0 Å². The van der Waals surface area contributed by atoms with Gasteiger partial charge in [0.1, 0.15) is 6.04 Å². The second-order valence-electron chi connectivity index (χ2n) is 6.04. The molecule has 2 atom stereocenters. The largest absolute Gasteiger partial charge is 0.344 e. The number of carbonyl (C=O) groups is 2. The number of amides is 2. The predicted molar refractivity (Wildman–Crippen MR) is 76.7 cm³/mol. The number of hydrogen-bond acceptors (Lipinski definition) is 2. The lowest BCUT2D eigenvalue weighted by molar-refractivity contribution is -0.135. The fraction of sp³-hybridized carbons (Fsp3) is 0.867. The van der Waals surface area contributed by atoms with Gasteiger partial charge >= 0.3 is 0 Å². The SMILES string of the molecule is CCCCCN1C(=O)C(CC(C)C)NC(=O)CC1C. The smallest absolute Gasteiger partial charge is 0.245 e. The maximum atomic E-state index is 12.5. The minimum atomic E-state index is -0.334. The maximum absolute atomic E-state index is 12.5. The lowest BCUT2D eigenvalue weighted by atomic mass is 10.0. The molecule has 1 fully saturated rings. The van der Waals surface area contributed by atoms with Crippen LogP contribution in [-0.2, 0) is 9.59 Å². The van der Waals surface area contributed by atoms with Crippen LogP contribution in [0.4, 0.5) is 0 Å². The van der Waals surface area contributed by atoms with E-state index in [9.17, 15) is 9.59 Å². The van der Waals surface area contributed by atoms with Crippen LogP contribution in [0.1, 0.15) is 59.8 Å². The van der Waals surface area contributed by atoms with Crippen LogP contribution in [0.5, 0.6) is 0 Å². The summed E-state index contributed by atoms with van der Waals surface area (Å²) in [6, 6.07) is -0.319. The number of rotatable bonds is 6. The summed E-state index contributed by atoms with van der Waals surface area (Å²) in [6.45, 7) is 9.06. The quantitative estimate of drug-likeness (QED) is 0.752. The van der Waals surface area contributed by atoms with Crippen molar-refractivity contribution in [3.05, 3.63) is 0 Å². The van der Waals surface area contributed by atoms with Crippen molar-refractivity contribution in [1.29, 1.82) is 0 Å². The van der Waals surface area contributed by atoms with E-state index in [0.717, 1.165) is 32.2 Å². The Morgan fingerprint density at radius 3 is 2.58 bits per heavy atom. The van der Waals surface area contributed by atoms with Crippen LogP contribution in [0.15, 0.2) is 0 Å². The third-order valence-electron chi connectivity index (χ3n) is 3.64. The molecule has 0 aromatic carbocycles. The Bertz CT molecular complexity index is 315. The molecule has 4 heteroatoms. The van der Waals surface area contributed by atoms with Crippen molar-refractivity contribution in [1.82, 2.24) is 10.2 Å². The van der Waals surface area contributed by atoms with E-state index >= 15 is 0 Å². The molecule has 0 aromatic rings. The first-order valence-corrected chi connectivity index (χ1v) is 7.55. The molecule has 0 spiro atoms. The number of hydrogen-bond donors (Lipinski definition) is 1. The fourth-order valence-corrected chi connectivity index (χ4v) is 2.60. The average Bonchev–Trinajstić information content (AvgIpc) is 2.40. The molecular weight excluding hydrogens is 240 g/mol. The van der Waals surface area contributed by atoms with Crippen LogP contribution in [0.25, 0.3) is 0 Å². The number of nitrogens with zero attached hydrogens (tertiary/aromatic N) is 1. The van der Waals surface area contributed by atoms with Gasteiger partial charge in [0.15, 0.2) is 0 Å². The normalized spacial score (nSPS) is 24.6. The van der Waals surface area contributed by atoms with E-state index in [2.05, 4.69) is 26.1 Å². The summed E-state index contributed by atoms with van der Waals surface area (Å²) in [7, 11) is 0. The highest BCUT2D eigenvalue weighted by Crippen LogP contribution is 2.17.